The number of carbonyl (C=O) groups excluding carboxylic acids is 1. The second kappa shape index (κ2) is 11.8. The highest BCUT2D eigenvalue weighted by Gasteiger charge is 2.31. The van der Waals surface area contributed by atoms with Gasteiger partial charge in [0.05, 0.1) is 11.5 Å². The van der Waals surface area contributed by atoms with Gasteiger partial charge in [0.15, 0.2) is 11.6 Å². The minimum atomic E-state index is -0.999. The normalized spacial score (nSPS) is 19.4. The molecule has 6 rings (SSSR count). The number of likely N-dealkylation sites (N-methyl/N-ethyl adjacent to an activating group) is 1. The number of amides is 1. The van der Waals surface area contributed by atoms with Gasteiger partial charge in [-0.3, -0.25) is 19.7 Å². The number of aromatic nitrogens is 4. The molecule has 0 saturated carbocycles. The fourth-order valence-corrected chi connectivity index (χ4v) is 5.98. The summed E-state index contributed by atoms with van der Waals surface area (Å²) in [6, 6.07) is 5.95. The minimum Gasteiger partial charge on any atom is -0.462 e. The van der Waals surface area contributed by atoms with Crippen LogP contribution in [0.15, 0.2) is 49.2 Å². The van der Waals surface area contributed by atoms with Gasteiger partial charge in [-0.25, -0.2) is 8.78 Å². The third-order valence-electron chi connectivity index (χ3n) is 8.38. The minimum absolute atomic E-state index is 0.0377. The van der Waals surface area contributed by atoms with Crippen LogP contribution in [0.25, 0.3) is 32.9 Å². The number of ether oxygens (including phenoxy) is 2. The summed E-state index contributed by atoms with van der Waals surface area (Å²) in [7, 11) is 3.70. The van der Waals surface area contributed by atoms with Crippen LogP contribution in [-0.4, -0.2) is 101 Å². The van der Waals surface area contributed by atoms with Crippen molar-refractivity contribution >= 4 is 33.4 Å². The molecule has 0 radical (unpaired) electrons. The topological polar surface area (TPSA) is 96.8 Å². The Bertz CT molecular complexity index is 1710. The number of aryl methyl sites for hydroxylation is 1. The second-order valence-corrected chi connectivity index (χ2v) is 11.1. The maximum Gasteiger partial charge on any atom is 0.319 e. The molecule has 5 heterocycles. The van der Waals surface area contributed by atoms with Gasteiger partial charge in [0.1, 0.15) is 23.6 Å². The number of carbonyl (C=O) groups is 1. The van der Waals surface area contributed by atoms with E-state index in [2.05, 4.69) is 26.4 Å². The summed E-state index contributed by atoms with van der Waals surface area (Å²) in [5.74, 6) is -1.90. The number of halogens is 2. The molecular weight excluding hydrogens is 556 g/mol. The summed E-state index contributed by atoms with van der Waals surface area (Å²) in [6.07, 6.45) is 5.82. The van der Waals surface area contributed by atoms with Crippen molar-refractivity contribution in [3.63, 3.8) is 0 Å². The van der Waals surface area contributed by atoms with Crippen LogP contribution in [-0.2, 0) is 9.53 Å². The van der Waals surface area contributed by atoms with Gasteiger partial charge in [0.25, 0.3) is 5.91 Å². The number of anilines is 1. The molecule has 1 aromatic carbocycles. The molecule has 0 spiro atoms. The molecule has 12 heteroatoms. The van der Waals surface area contributed by atoms with Crippen molar-refractivity contribution in [2.45, 2.75) is 25.5 Å². The largest absolute Gasteiger partial charge is 0.462 e. The number of hydrogen-bond donors (Lipinski definition) is 0. The van der Waals surface area contributed by atoms with Gasteiger partial charge in [-0.15, -0.1) is 0 Å². The number of fused-ring (bicyclic) bond motifs is 2. The van der Waals surface area contributed by atoms with Gasteiger partial charge in [0.2, 0.25) is 0 Å². The highest BCUT2D eigenvalue weighted by atomic mass is 19.1. The van der Waals surface area contributed by atoms with Gasteiger partial charge in [-0.05, 0) is 31.3 Å². The van der Waals surface area contributed by atoms with E-state index < -0.39 is 17.6 Å². The number of likely N-dealkylation sites (tertiary alicyclic amines) is 1. The smallest absolute Gasteiger partial charge is 0.319 e. The van der Waals surface area contributed by atoms with Crippen LogP contribution >= 0.6 is 0 Å². The third kappa shape index (κ3) is 5.48. The molecule has 3 aromatic heterocycles. The number of hydrogen-bond acceptors (Lipinski definition) is 9. The van der Waals surface area contributed by atoms with Gasteiger partial charge < -0.3 is 19.3 Å². The molecule has 0 unspecified atom stereocenters. The molecular formula is C31H33F2N7O3. The second-order valence-electron chi connectivity index (χ2n) is 11.1. The quantitative estimate of drug-likeness (QED) is 0.297. The van der Waals surface area contributed by atoms with Crippen molar-refractivity contribution in [2.24, 2.45) is 0 Å². The Labute approximate surface area is 248 Å². The van der Waals surface area contributed by atoms with E-state index in [4.69, 9.17) is 14.5 Å². The molecule has 224 valence electrons. The summed E-state index contributed by atoms with van der Waals surface area (Å²) >= 11 is 0. The van der Waals surface area contributed by atoms with E-state index in [1.165, 1.54) is 4.90 Å². The number of rotatable bonds is 7. The van der Waals surface area contributed by atoms with E-state index >= 15 is 4.39 Å². The van der Waals surface area contributed by atoms with Gasteiger partial charge in [-0.2, -0.15) is 9.97 Å². The van der Waals surface area contributed by atoms with Gasteiger partial charge in [-0.1, -0.05) is 24.8 Å². The first kappa shape index (κ1) is 28.8. The maximum absolute atomic E-state index is 16.5. The molecule has 2 atom stereocenters. The molecule has 2 saturated heterocycles. The van der Waals surface area contributed by atoms with E-state index in [1.807, 2.05) is 37.1 Å². The summed E-state index contributed by atoms with van der Waals surface area (Å²) in [4.78, 5) is 35.7. The SMILES string of the molecule is C=C(F)C(=O)N1CCN(c2nc(OC[C@@H]3C[C@@H](OC)CN3C)nc3c(F)c(-c4cncc5cccc(C)c45)ncc23)CC1. The predicted octanol–water partition coefficient (Wildman–Crippen LogP) is 3.92. The number of benzene rings is 1. The number of nitrogens with zero attached hydrogens (tertiary/aromatic N) is 7. The summed E-state index contributed by atoms with van der Waals surface area (Å²) in [5.41, 5.74) is 1.74. The highest BCUT2D eigenvalue weighted by Crippen LogP contribution is 2.35. The zero-order valence-corrected chi connectivity index (χ0v) is 24.4. The van der Waals surface area contributed by atoms with E-state index in [0.29, 0.717) is 36.5 Å². The first-order valence-electron chi connectivity index (χ1n) is 14.2. The average molecular weight is 590 g/mol. The van der Waals surface area contributed by atoms with Gasteiger partial charge >= 0.3 is 6.01 Å². The molecule has 2 fully saturated rings. The molecule has 0 aliphatic carbocycles. The molecule has 0 N–H and O–H groups in total. The highest BCUT2D eigenvalue weighted by molar-refractivity contribution is 6.00. The van der Waals surface area contributed by atoms with E-state index in [-0.39, 0.29) is 42.5 Å². The number of methoxy groups -OCH3 is 1. The van der Waals surface area contributed by atoms with E-state index in [9.17, 15) is 9.18 Å². The lowest BCUT2D eigenvalue weighted by molar-refractivity contribution is -0.128. The Morgan fingerprint density at radius 1 is 1.14 bits per heavy atom. The molecule has 0 bridgehead atoms. The van der Waals surface area contributed by atoms with E-state index in [1.54, 1.807) is 25.7 Å². The standard InChI is InChI=1S/C31H33F2N7O3/c1-18-6-5-7-20-13-34-14-23(25(18)20)27-26(33)28-24(15-35-27)29(39-8-10-40(11-9-39)30(41)19(2)32)37-31(36-28)43-17-21-12-22(42-4)16-38(21)3/h5-7,13-15,21-22H,2,8-12,16-17H2,1,3-4H3/t21-,22+/m0/s1. The zero-order valence-electron chi connectivity index (χ0n) is 24.4. The van der Waals surface area contributed by atoms with Crippen LogP contribution in [0.1, 0.15) is 12.0 Å². The molecule has 2 aliphatic rings. The lowest BCUT2D eigenvalue weighted by Crippen LogP contribution is -2.49. The van der Waals surface area contributed by atoms with Crippen molar-refractivity contribution in [1.82, 2.24) is 29.7 Å². The number of pyridine rings is 2. The third-order valence-corrected chi connectivity index (χ3v) is 8.38. The predicted molar refractivity (Wildman–Crippen MR) is 159 cm³/mol. The van der Waals surface area contributed by atoms with Crippen molar-refractivity contribution in [2.75, 3.05) is 58.4 Å². The van der Waals surface area contributed by atoms with Crippen LogP contribution in [0.2, 0.25) is 0 Å². The molecule has 2 aliphatic heterocycles. The first-order valence-corrected chi connectivity index (χ1v) is 14.2. The van der Waals surface area contributed by atoms with Crippen molar-refractivity contribution < 1.29 is 23.0 Å². The van der Waals surface area contributed by atoms with Crippen LogP contribution in [0.5, 0.6) is 6.01 Å². The molecule has 1 amide bonds. The summed E-state index contributed by atoms with van der Waals surface area (Å²) in [6.45, 7) is 7.37. The Hall–Kier alpha value is -4.29. The van der Waals surface area contributed by atoms with Crippen LogP contribution in [0, 0.1) is 12.7 Å². The maximum atomic E-state index is 16.5. The Morgan fingerprint density at radius 2 is 1.93 bits per heavy atom. The Balaban J connectivity index is 1.40. The average Bonchev–Trinajstić information content (AvgIpc) is 3.39. The fourth-order valence-electron chi connectivity index (χ4n) is 5.98. The van der Waals surface area contributed by atoms with Crippen LogP contribution < -0.4 is 9.64 Å². The summed E-state index contributed by atoms with van der Waals surface area (Å²) < 4.78 is 41.6. The Morgan fingerprint density at radius 3 is 2.65 bits per heavy atom. The van der Waals surface area contributed by atoms with Crippen molar-refractivity contribution in [1.29, 1.82) is 0 Å². The zero-order chi connectivity index (χ0) is 30.2. The number of piperazine rings is 1. The molecule has 4 aromatic rings. The van der Waals surface area contributed by atoms with Crippen LogP contribution in [0.3, 0.4) is 0 Å². The summed E-state index contributed by atoms with van der Waals surface area (Å²) in [5, 5.41) is 2.15. The Kier molecular flexibility index (Phi) is 7.89. The van der Waals surface area contributed by atoms with Crippen LogP contribution in [0.4, 0.5) is 14.6 Å². The lowest BCUT2D eigenvalue weighted by atomic mass is 10.00. The lowest BCUT2D eigenvalue weighted by Gasteiger charge is -2.35. The fraction of sp³-hybridized carbons (Fsp3) is 0.387. The van der Waals surface area contributed by atoms with Crippen molar-refractivity contribution in [3.8, 4) is 17.3 Å². The monoisotopic (exact) mass is 589 g/mol. The van der Waals surface area contributed by atoms with E-state index in [0.717, 1.165) is 29.3 Å². The first-order chi connectivity index (χ1) is 20.7. The van der Waals surface area contributed by atoms with Gasteiger partial charge in [0, 0.05) is 75.4 Å². The molecule has 43 heavy (non-hydrogen) atoms. The molecule has 10 nitrogen and oxygen atoms in total. The van der Waals surface area contributed by atoms with Crippen molar-refractivity contribution in [3.05, 3.63) is 60.6 Å².